The number of benzene rings is 1. The highest BCUT2D eigenvalue weighted by Gasteiger charge is 2.30. The normalized spacial score (nSPS) is 17.0. The molecule has 0 fully saturated rings. The minimum Gasteiger partial charge on any atom is -0.377 e. The van der Waals surface area contributed by atoms with Crippen LogP contribution in [0.2, 0.25) is 5.02 Å². The van der Waals surface area contributed by atoms with Crippen molar-refractivity contribution in [2.45, 2.75) is 39.0 Å². The van der Waals surface area contributed by atoms with Crippen molar-refractivity contribution in [1.82, 2.24) is 19.7 Å². The maximum Gasteiger partial charge on any atom is 0.223 e. The van der Waals surface area contributed by atoms with Crippen molar-refractivity contribution in [3.05, 3.63) is 46.5 Å². The van der Waals surface area contributed by atoms with Crippen molar-refractivity contribution in [3.63, 3.8) is 0 Å². The van der Waals surface area contributed by atoms with Crippen LogP contribution in [0.25, 0.3) is 0 Å². The van der Waals surface area contributed by atoms with Crippen LogP contribution in [0, 0.1) is 0 Å². The Morgan fingerprint density at radius 3 is 2.88 bits per heavy atom. The van der Waals surface area contributed by atoms with Gasteiger partial charge in [-0.3, -0.25) is 4.79 Å². The number of hydrogen-bond donors (Lipinski definition) is 0. The molecule has 0 radical (unpaired) electrons. The Balaban J connectivity index is 1.67. The molecule has 2 heterocycles. The SMILES string of the molecule is COCc1nnc2n1CCN(C(=O)CCc1ccccc1Cl)C2C. The monoisotopic (exact) mass is 348 g/mol. The number of amides is 1. The smallest absolute Gasteiger partial charge is 0.223 e. The fraction of sp³-hybridized carbons (Fsp3) is 0.471. The van der Waals surface area contributed by atoms with Crippen molar-refractivity contribution in [3.8, 4) is 0 Å². The Kier molecular flexibility index (Phi) is 5.16. The lowest BCUT2D eigenvalue weighted by molar-refractivity contribution is -0.134. The van der Waals surface area contributed by atoms with Gasteiger partial charge in [0.2, 0.25) is 5.91 Å². The van der Waals surface area contributed by atoms with Crippen molar-refractivity contribution in [1.29, 1.82) is 0 Å². The van der Waals surface area contributed by atoms with Crippen molar-refractivity contribution in [2.75, 3.05) is 13.7 Å². The third kappa shape index (κ3) is 3.30. The van der Waals surface area contributed by atoms with E-state index in [-0.39, 0.29) is 11.9 Å². The summed E-state index contributed by atoms with van der Waals surface area (Å²) < 4.78 is 7.19. The molecule has 2 aromatic rings. The molecule has 6 nitrogen and oxygen atoms in total. The van der Waals surface area contributed by atoms with E-state index in [2.05, 4.69) is 10.2 Å². The van der Waals surface area contributed by atoms with Gasteiger partial charge in [0.1, 0.15) is 6.61 Å². The average Bonchev–Trinajstić information content (AvgIpc) is 2.98. The van der Waals surface area contributed by atoms with Gasteiger partial charge in [-0.05, 0) is 25.0 Å². The Morgan fingerprint density at radius 1 is 1.33 bits per heavy atom. The Bertz CT molecular complexity index is 731. The number of hydrogen-bond acceptors (Lipinski definition) is 4. The number of carbonyl (C=O) groups excluding carboxylic acids is 1. The fourth-order valence-electron chi connectivity index (χ4n) is 3.11. The van der Waals surface area contributed by atoms with E-state index in [0.29, 0.717) is 37.6 Å². The molecule has 0 spiro atoms. The van der Waals surface area contributed by atoms with Crippen LogP contribution < -0.4 is 0 Å². The maximum absolute atomic E-state index is 12.6. The summed E-state index contributed by atoms with van der Waals surface area (Å²) in [6, 6.07) is 7.56. The summed E-state index contributed by atoms with van der Waals surface area (Å²) in [7, 11) is 1.64. The predicted molar refractivity (Wildman–Crippen MR) is 90.6 cm³/mol. The molecule has 0 aliphatic carbocycles. The Morgan fingerprint density at radius 2 is 2.12 bits per heavy atom. The summed E-state index contributed by atoms with van der Waals surface area (Å²) in [4.78, 5) is 14.5. The first-order valence-corrected chi connectivity index (χ1v) is 8.43. The molecule has 1 aromatic heterocycles. The standard InChI is InChI=1S/C17H21ClN4O2/c1-12-17-20-19-15(11-24-2)22(17)10-9-21(12)16(23)8-7-13-5-3-4-6-14(13)18/h3-6,12H,7-11H2,1-2H3. The second-order valence-corrected chi connectivity index (χ2v) is 6.32. The number of nitrogens with zero attached hydrogens (tertiary/aromatic N) is 4. The largest absolute Gasteiger partial charge is 0.377 e. The topological polar surface area (TPSA) is 60.3 Å². The van der Waals surface area contributed by atoms with E-state index in [1.165, 1.54) is 0 Å². The molecule has 0 bridgehead atoms. The van der Waals surface area contributed by atoms with Gasteiger partial charge in [0, 0.05) is 31.6 Å². The van der Waals surface area contributed by atoms with Crippen LogP contribution in [0.1, 0.15) is 36.6 Å². The minimum absolute atomic E-state index is 0.0874. The van der Waals surface area contributed by atoms with E-state index in [0.717, 1.165) is 17.2 Å². The number of carbonyl (C=O) groups is 1. The van der Waals surface area contributed by atoms with Crippen LogP contribution in [0.3, 0.4) is 0 Å². The summed E-state index contributed by atoms with van der Waals surface area (Å²) in [5, 5.41) is 9.12. The highest BCUT2D eigenvalue weighted by molar-refractivity contribution is 6.31. The summed E-state index contributed by atoms with van der Waals surface area (Å²) in [5.74, 6) is 1.74. The zero-order chi connectivity index (χ0) is 17.1. The van der Waals surface area contributed by atoms with E-state index in [1.54, 1.807) is 7.11 Å². The Hall–Kier alpha value is -1.92. The highest BCUT2D eigenvalue weighted by Crippen LogP contribution is 2.26. The molecule has 0 N–H and O–H groups in total. The van der Waals surface area contributed by atoms with Gasteiger partial charge in [0.05, 0.1) is 6.04 Å². The molecule has 1 unspecified atom stereocenters. The van der Waals surface area contributed by atoms with Gasteiger partial charge in [-0.25, -0.2) is 0 Å². The lowest BCUT2D eigenvalue weighted by atomic mass is 10.1. The maximum atomic E-state index is 12.6. The predicted octanol–water partition coefficient (Wildman–Crippen LogP) is 2.61. The number of ether oxygens (including phenoxy) is 1. The van der Waals surface area contributed by atoms with Gasteiger partial charge in [-0.1, -0.05) is 29.8 Å². The number of halogens is 1. The lowest BCUT2D eigenvalue weighted by Gasteiger charge is -2.33. The number of methoxy groups -OCH3 is 1. The third-order valence-corrected chi connectivity index (χ3v) is 4.79. The molecular weight excluding hydrogens is 328 g/mol. The van der Waals surface area contributed by atoms with Crippen LogP contribution in [0.5, 0.6) is 0 Å². The van der Waals surface area contributed by atoms with Gasteiger partial charge in [-0.2, -0.15) is 0 Å². The Labute approximate surface area is 146 Å². The summed E-state index contributed by atoms with van der Waals surface area (Å²) in [6.07, 6.45) is 1.08. The van der Waals surface area contributed by atoms with Crippen molar-refractivity contribution in [2.24, 2.45) is 0 Å². The summed E-state index contributed by atoms with van der Waals surface area (Å²) in [5.41, 5.74) is 1.00. The molecule has 7 heteroatoms. The first-order valence-electron chi connectivity index (χ1n) is 8.05. The van der Waals surface area contributed by atoms with E-state index in [1.807, 2.05) is 40.7 Å². The van der Waals surface area contributed by atoms with Gasteiger partial charge < -0.3 is 14.2 Å². The second-order valence-electron chi connectivity index (χ2n) is 5.91. The minimum atomic E-state index is -0.0874. The molecule has 1 amide bonds. The van der Waals surface area contributed by atoms with Crippen LogP contribution in [0.15, 0.2) is 24.3 Å². The van der Waals surface area contributed by atoms with Crippen molar-refractivity contribution < 1.29 is 9.53 Å². The zero-order valence-electron chi connectivity index (χ0n) is 13.9. The first kappa shape index (κ1) is 16.9. The summed E-state index contributed by atoms with van der Waals surface area (Å²) >= 11 is 6.16. The molecule has 1 aromatic carbocycles. The van der Waals surface area contributed by atoms with E-state index in [4.69, 9.17) is 16.3 Å². The fourth-order valence-corrected chi connectivity index (χ4v) is 3.34. The van der Waals surface area contributed by atoms with Gasteiger partial charge in [-0.15, -0.1) is 10.2 Å². The average molecular weight is 349 g/mol. The summed E-state index contributed by atoms with van der Waals surface area (Å²) in [6.45, 7) is 3.78. The molecule has 1 aliphatic rings. The third-order valence-electron chi connectivity index (χ3n) is 4.42. The van der Waals surface area contributed by atoms with Crippen LogP contribution in [-0.4, -0.2) is 39.2 Å². The van der Waals surface area contributed by atoms with E-state index < -0.39 is 0 Å². The van der Waals surface area contributed by atoms with E-state index >= 15 is 0 Å². The van der Waals surface area contributed by atoms with Gasteiger partial charge in [0.15, 0.2) is 11.6 Å². The first-order chi connectivity index (χ1) is 11.6. The highest BCUT2D eigenvalue weighted by atomic mass is 35.5. The molecular formula is C17H21ClN4O2. The van der Waals surface area contributed by atoms with Gasteiger partial charge >= 0.3 is 0 Å². The molecule has 24 heavy (non-hydrogen) atoms. The molecule has 1 atom stereocenters. The molecule has 0 saturated carbocycles. The molecule has 128 valence electrons. The lowest BCUT2D eigenvalue weighted by Crippen LogP contribution is -2.41. The van der Waals surface area contributed by atoms with Crippen LogP contribution in [-0.2, 0) is 29.1 Å². The quantitative estimate of drug-likeness (QED) is 0.833. The van der Waals surface area contributed by atoms with Crippen molar-refractivity contribution >= 4 is 17.5 Å². The second kappa shape index (κ2) is 7.32. The zero-order valence-corrected chi connectivity index (χ0v) is 14.7. The number of aryl methyl sites for hydroxylation is 1. The molecule has 1 aliphatic heterocycles. The molecule has 3 rings (SSSR count). The van der Waals surface area contributed by atoms with Crippen LogP contribution in [0.4, 0.5) is 0 Å². The number of aromatic nitrogens is 3. The van der Waals surface area contributed by atoms with Gasteiger partial charge in [0.25, 0.3) is 0 Å². The number of rotatable bonds is 5. The molecule has 0 saturated heterocycles. The number of fused-ring (bicyclic) bond motifs is 1. The van der Waals surface area contributed by atoms with E-state index in [9.17, 15) is 4.79 Å². The van der Waals surface area contributed by atoms with Crippen LogP contribution >= 0.6 is 11.6 Å².